The minimum atomic E-state index is 0.0644. The van der Waals surface area contributed by atoms with Crippen LogP contribution in [0.5, 0.6) is 0 Å². The van der Waals surface area contributed by atoms with Crippen LogP contribution in [0, 0.1) is 0 Å². The van der Waals surface area contributed by atoms with Gasteiger partial charge in [-0.2, -0.15) is 0 Å². The number of likely N-dealkylation sites (tertiary alicyclic amines) is 1. The summed E-state index contributed by atoms with van der Waals surface area (Å²) in [6, 6.07) is 3.88. The summed E-state index contributed by atoms with van der Waals surface area (Å²) in [5.74, 6) is 1.13. The Morgan fingerprint density at radius 3 is 2.80 bits per heavy atom. The van der Waals surface area contributed by atoms with Crippen LogP contribution in [0.3, 0.4) is 0 Å². The summed E-state index contributed by atoms with van der Waals surface area (Å²) >= 11 is 0. The zero-order chi connectivity index (χ0) is 14.4. The zero-order valence-corrected chi connectivity index (χ0v) is 12.3. The van der Waals surface area contributed by atoms with Crippen LogP contribution in [0.25, 0.3) is 0 Å². The van der Waals surface area contributed by atoms with Gasteiger partial charge in [0.25, 0.3) is 0 Å². The largest absolute Gasteiger partial charge is 0.468 e. The highest BCUT2D eigenvalue weighted by Crippen LogP contribution is 2.13. The van der Waals surface area contributed by atoms with Crippen LogP contribution < -0.4 is 5.73 Å². The monoisotopic (exact) mass is 279 g/mol. The summed E-state index contributed by atoms with van der Waals surface area (Å²) in [7, 11) is 1.99. The van der Waals surface area contributed by atoms with Crippen molar-refractivity contribution in [3.05, 3.63) is 24.2 Å². The fraction of sp³-hybridized carbons (Fsp3) is 0.667. The lowest BCUT2D eigenvalue weighted by Gasteiger charge is -2.31. The minimum absolute atomic E-state index is 0.0644. The Morgan fingerprint density at radius 1 is 1.45 bits per heavy atom. The molecule has 5 heteroatoms. The SMILES string of the molecule is CN(Cc1ccco1)C(CN)CC(=O)N1CCCCC1. The van der Waals surface area contributed by atoms with Gasteiger partial charge in [-0.05, 0) is 38.4 Å². The molecular weight excluding hydrogens is 254 g/mol. The number of rotatable bonds is 6. The van der Waals surface area contributed by atoms with E-state index in [1.165, 1.54) is 6.42 Å². The van der Waals surface area contributed by atoms with Crippen LogP contribution in [-0.4, -0.2) is 48.4 Å². The number of likely N-dealkylation sites (N-methyl/N-ethyl adjacent to an activating group) is 1. The smallest absolute Gasteiger partial charge is 0.224 e. The van der Waals surface area contributed by atoms with E-state index in [-0.39, 0.29) is 11.9 Å². The standard InChI is InChI=1S/C15H25N3O2/c1-17(12-14-6-5-9-20-14)13(11-16)10-15(19)18-7-3-2-4-8-18/h5-6,9,13H,2-4,7-8,10-12,16H2,1H3. The number of furan rings is 1. The molecular formula is C15H25N3O2. The Balaban J connectivity index is 1.85. The van der Waals surface area contributed by atoms with Crippen molar-refractivity contribution >= 4 is 5.91 Å². The van der Waals surface area contributed by atoms with Crippen molar-refractivity contribution in [2.24, 2.45) is 5.73 Å². The Kier molecular flexibility index (Phi) is 5.61. The van der Waals surface area contributed by atoms with Gasteiger partial charge in [-0.25, -0.2) is 0 Å². The van der Waals surface area contributed by atoms with Gasteiger partial charge >= 0.3 is 0 Å². The lowest BCUT2D eigenvalue weighted by Crippen LogP contribution is -2.44. The summed E-state index contributed by atoms with van der Waals surface area (Å²) in [6.07, 6.45) is 5.65. The molecule has 1 aromatic rings. The average molecular weight is 279 g/mol. The number of hydrogen-bond acceptors (Lipinski definition) is 4. The van der Waals surface area contributed by atoms with E-state index in [1.807, 2.05) is 24.1 Å². The van der Waals surface area contributed by atoms with Crippen LogP contribution in [-0.2, 0) is 11.3 Å². The Labute approximate surface area is 120 Å². The summed E-state index contributed by atoms with van der Waals surface area (Å²) < 4.78 is 5.34. The molecule has 1 saturated heterocycles. The van der Waals surface area contributed by atoms with Crippen LogP contribution in [0.4, 0.5) is 0 Å². The lowest BCUT2D eigenvalue weighted by molar-refractivity contribution is -0.133. The molecule has 1 fully saturated rings. The topological polar surface area (TPSA) is 62.7 Å². The summed E-state index contributed by atoms with van der Waals surface area (Å²) in [6.45, 7) is 2.97. The second-order valence-corrected chi connectivity index (χ2v) is 5.53. The van der Waals surface area contributed by atoms with Crippen molar-refractivity contribution < 1.29 is 9.21 Å². The highest BCUT2D eigenvalue weighted by molar-refractivity contribution is 5.76. The third kappa shape index (κ3) is 4.08. The van der Waals surface area contributed by atoms with E-state index >= 15 is 0 Å². The third-order valence-corrected chi connectivity index (χ3v) is 4.00. The van der Waals surface area contributed by atoms with E-state index < -0.39 is 0 Å². The van der Waals surface area contributed by atoms with E-state index in [2.05, 4.69) is 4.90 Å². The van der Waals surface area contributed by atoms with Gasteiger partial charge in [0.2, 0.25) is 5.91 Å². The van der Waals surface area contributed by atoms with Gasteiger partial charge in [-0.1, -0.05) is 0 Å². The molecule has 1 unspecified atom stereocenters. The Hall–Kier alpha value is -1.33. The molecule has 5 nitrogen and oxygen atoms in total. The maximum Gasteiger partial charge on any atom is 0.224 e. The maximum absolute atomic E-state index is 12.3. The summed E-state index contributed by atoms with van der Waals surface area (Å²) in [5.41, 5.74) is 5.84. The fourth-order valence-corrected chi connectivity index (χ4v) is 2.67. The predicted octanol–water partition coefficient (Wildman–Crippen LogP) is 1.44. The molecule has 20 heavy (non-hydrogen) atoms. The molecule has 1 atom stereocenters. The van der Waals surface area contributed by atoms with Crippen molar-refractivity contribution in [2.45, 2.75) is 38.3 Å². The highest BCUT2D eigenvalue weighted by atomic mass is 16.3. The van der Waals surface area contributed by atoms with Gasteiger partial charge in [-0.3, -0.25) is 9.69 Å². The molecule has 1 aliphatic heterocycles. The van der Waals surface area contributed by atoms with E-state index in [0.29, 0.717) is 19.5 Å². The van der Waals surface area contributed by atoms with Crippen LogP contribution in [0.2, 0.25) is 0 Å². The molecule has 2 rings (SSSR count). The van der Waals surface area contributed by atoms with Gasteiger partial charge in [-0.15, -0.1) is 0 Å². The van der Waals surface area contributed by atoms with Gasteiger partial charge in [0.1, 0.15) is 5.76 Å². The van der Waals surface area contributed by atoms with Gasteiger partial charge in [0.15, 0.2) is 0 Å². The first-order valence-electron chi connectivity index (χ1n) is 7.41. The average Bonchev–Trinajstić information content (AvgIpc) is 2.98. The van der Waals surface area contributed by atoms with Crippen molar-refractivity contribution in [1.29, 1.82) is 0 Å². The van der Waals surface area contributed by atoms with Crippen molar-refractivity contribution in [3.63, 3.8) is 0 Å². The molecule has 0 spiro atoms. The molecule has 2 heterocycles. The lowest BCUT2D eigenvalue weighted by atomic mass is 10.1. The molecule has 1 aromatic heterocycles. The van der Waals surface area contributed by atoms with Crippen molar-refractivity contribution in [1.82, 2.24) is 9.80 Å². The van der Waals surface area contributed by atoms with Gasteiger partial charge in [0, 0.05) is 32.1 Å². The van der Waals surface area contributed by atoms with E-state index in [0.717, 1.165) is 31.7 Å². The zero-order valence-electron chi connectivity index (χ0n) is 12.3. The van der Waals surface area contributed by atoms with Crippen LogP contribution >= 0.6 is 0 Å². The number of carbonyl (C=O) groups is 1. The number of piperidine rings is 1. The normalized spacial score (nSPS) is 17.4. The molecule has 0 aliphatic carbocycles. The van der Waals surface area contributed by atoms with Gasteiger partial charge in [0.05, 0.1) is 12.8 Å². The van der Waals surface area contributed by atoms with E-state index in [4.69, 9.17) is 10.2 Å². The first-order valence-corrected chi connectivity index (χ1v) is 7.41. The molecule has 1 aliphatic rings. The fourth-order valence-electron chi connectivity index (χ4n) is 2.67. The summed E-state index contributed by atoms with van der Waals surface area (Å²) in [4.78, 5) is 16.4. The number of nitrogens with two attached hydrogens (primary N) is 1. The van der Waals surface area contributed by atoms with Crippen molar-refractivity contribution in [3.8, 4) is 0 Å². The van der Waals surface area contributed by atoms with Crippen LogP contribution in [0.1, 0.15) is 31.4 Å². The number of carbonyl (C=O) groups excluding carboxylic acids is 1. The first-order chi connectivity index (χ1) is 9.70. The van der Waals surface area contributed by atoms with E-state index in [9.17, 15) is 4.79 Å². The quantitative estimate of drug-likeness (QED) is 0.856. The number of amides is 1. The predicted molar refractivity (Wildman–Crippen MR) is 78.1 cm³/mol. The Bertz CT molecular complexity index is 399. The highest BCUT2D eigenvalue weighted by Gasteiger charge is 2.22. The maximum atomic E-state index is 12.3. The molecule has 2 N–H and O–H groups in total. The number of hydrogen-bond donors (Lipinski definition) is 1. The molecule has 112 valence electrons. The molecule has 0 bridgehead atoms. The third-order valence-electron chi connectivity index (χ3n) is 4.00. The second-order valence-electron chi connectivity index (χ2n) is 5.53. The molecule has 0 radical (unpaired) electrons. The van der Waals surface area contributed by atoms with E-state index in [1.54, 1.807) is 6.26 Å². The molecule has 0 saturated carbocycles. The molecule has 1 amide bonds. The minimum Gasteiger partial charge on any atom is -0.468 e. The summed E-state index contributed by atoms with van der Waals surface area (Å²) in [5, 5.41) is 0. The van der Waals surface area contributed by atoms with Crippen LogP contribution in [0.15, 0.2) is 22.8 Å². The Morgan fingerprint density at radius 2 is 2.20 bits per heavy atom. The first kappa shape index (κ1) is 15.1. The molecule has 0 aromatic carbocycles. The number of nitrogens with zero attached hydrogens (tertiary/aromatic N) is 2. The van der Waals surface area contributed by atoms with Gasteiger partial charge < -0.3 is 15.1 Å². The second kappa shape index (κ2) is 7.45. The van der Waals surface area contributed by atoms with Crippen molar-refractivity contribution in [2.75, 3.05) is 26.7 Å².